The van der Waals surface area contributed by atoms with Gasteiger partial charge in [-0.1, -0.05) is 5.16 Å². The number of piperazine rings is 1. The fourth-order valence-electron chi connectivity index (χ4n) is 2.84. The van der Waals surface area contributed by atoms with E-state index in [4.69, 9.17) is 14.7 Å². The maximum Gasteiger partial charge on any atom is 0.257 e. The van der Waals surface area contributed by atoms with Crippen LogP contribution in [0.1, 0.15) is 33.1 Å². The van der Waals surface area contributed by atoms with Crippen LogP contribution in [0.4, 0.5) is 0 Å². The van der Waals surface area contributed by atoms with Crippen LogP contribution in [0.15, 0.2) is 21.3 Å². The highest BCUT2D eigenvalue weighted by molar-refractivity contribution is 5.94. The first-order chi connectivity index (χ1) is 11.1. The van der Waals surface area contributed by atoms with Crippen LogP contribution in [0.2, 0.25) is 0 Å². The van der Waals surface area contributed by atoms with Crippen LogP contribution in [0.3, 0.4) is 0 Å². The zero-order chi connectivity index (χ0) is 16.4. The molecule has 0 atom stereocenters. The molecule has 1 aliphatic heterocycles. The van der Waals surface area contributed by atoms with Crippen LogP contribution >= 0.6 is 0 Å². The minimum absolute atomic E-state index is 0.00504. The number of amides is 1. The zero-order valence-corrected chi connectivity index (χ0v) is 13.5. The molecule has 3 rings (SSSR count). The number of carbonyl (C=O) groups excluding carboxylic acids is 1. The molecule has 0 aromatic carbocycles. The molecule has 23 heavy (non-hydrogen) atoms. The van der Waals surface area contributed by atoms with Crippen molar-refractivity contribution in [1.29, 1.82) is 0 Å². The van der Waals surface area contributed by atoms with E-state index in [-0.39, 0.29) is 5.91 Å². The molecule has 1 fully saturated rings. The van der Waals surface area contributed by atoms with Gasteiger partial charge in [-0.2, -0.15) is 0 Å². The normalized spacial score (nSPS) is 16.0. The van der Waals surface area contributed by atoms with Crippen molar-refractivity contribution >= 4 is 5.91 Å². The van der Waals surface area contributed by atoms with Gasteiger partial charge in [-0.25, -0.2) is 0 Å². The summed E-state index contributed by atoms with van der Waals surface area (Å²) in [5, 5.41) is 3.99. The molecule has 0 bridgehead atoms. The Morgan fingerprint density at radius 2 is 2.04 bits per heavy atom. The molecule has 7 heteroatoms. The number of hydrogen-bond acceptors (Lipinski definition) is 6. The second-order valence-corrected chi connectivity index (χ2v) is 5.88. The molecule has 0 saturated carbocycles. The first-order valence-corrected chi connectivity index (χ1v) is 7.79. The van der Waals surface area contributed by atoms with E-state index in [9.17, 15) is 4.79 Å². The SMILES string of the molecule is Cc1noc(C)c1CN1CCN(C(=O)c2coc(CN)c2)CC1. The lowest BCUT2D eigenvalue weighted by Crippen LogP contribution is -2.48. The maximum atomic E-state index is 12.4. The van der Waals surface area contributed by atoms with Gasteiger partial charge in [0.15, 0.2) is 0 Å². The molecule has 1 aliphatic rings. The minimum Gasteiger partial charge on any atom is -0.467 e. The molecule has 2 N–H and O–H groups in total. The van der Waals surface area contributed by atoms with E-state index in [2.05, 4.69) is 10.1 Å². The highest BCUT2D eigenvalue weighted by Crippen LogP contribution is 2.17. The summed E-state index contributed by atoms with van der Waals surface area (Å²) < 4.78 is 10.4. The number of hydrogen-bond donors (Lipinski definition) is 1. The van der Waals surface area contributed by atoms with Crippen molar-refractivity contribution in [3.8, 4) is 0 Å². The predicted molar refractivity (Wildman–Crippen MR) is 83.8 cm³/mol. The Bertz CT molecular complexity index is 664. The third-order valence-corrected chi connectivity index (χ3v) is 4.32. The molecule has 0 unspecified atom stereocenters. The molecule has 3 heterocycles. The van der Waals surface area contributed by atoms with Gasteiger partial charge >= 0.3 is 0 Å². The lowest BCUT2D eigenvalue weighted by Gasteiger charge is -2.34. The lowest BCUT2D eigenvalue weighted by molar-refractivity contribution is 0.0627. The van der Waals surface area contributed by atoms with E-state index < -0.39 is 0 Å². The lowest BCUT2D eigenvalue weighted by atomic mass is 10.1. The van der Waals surface area contributed by atoms with Crippen LogP contribution < -0.4 is 5.73 Å². The third-order valence-electron chi connectivity index (χ3n) is 4.32. The first kappa shape index (κ1) is 15.8. The molecule has 1 saturated heterocycles. The molecule has 0 aliphatic carbocycles. The summed E-state index contributed by atoms with van der Waals surface area (Å²) in [6, 6.07) is 1.72. The number of aryl methyl sites for hydroxylation is 2. The highest BCUT2D eigenvalue weighted by atomic mass is 16.5. The fourth-order valence-corrected chi connectivity index (χ4v) is 2.84. The van der Waals surface area contributed by atoms with Crippen molar-refractivity contribution in [3.05, 3.63) is 40.7 Å². The Morgan fingerprint density at radius 1 is 1.30 bits per heavy atom. The van der Waals surface area contributed by atoms with Gasteiger partial charge in [-0.3, -0.25) is 9.69 Å². The van der Waals surface area contributed by atoms with Gasteiger partial charge in [-0.05, 0) is 19.9 Å². The Morgan fingerprint density at radius 3 is 2.61 bits per heavy atom. The smallest absolute Gasteiger partial charge is 0.257 e. The zero-order valence-electron chi connectivity index (χ0n) is 13.5. The molecule has 124 valence electrons. The van der Waals surface area contributed by atoms with Gasteiger partial charge in [-0.15, -0.1) is 0 Å². The van der Waals surface area contributed by atoms with Crippen molar-refractivity contribution in [3.63, 3.8) is 0 Å². The van der Waals surface area contributed by atoms with E-state index in [1.54, 1.807) is 6.07 Å². The van der Waals surface area contributed by atoms with Crippen LogP contribution in [0, 0.1) is 13.8 Å². The largest absolute Gasteiger partial charge is 0.467 e. The average molecular weight is 318 g/mol. The molecule has 2 aromatic rings. The standard InChI is InChI=1S/C16H22N4O3/c1-11-15(12(2)23-18-11)9-19-3-5-20(6-4-19)16(21)13-7-14(8-17)22-10-13/h7,10H,3-6,8-9,17H2,1-2H3. The van der Waals surface area contributed by atoms with Gasteiger partial charge in [0.25, 0.3) is 5.91 Å². The van der Waals surface area contributed by atoms with Crippen LogP contribution in [0.25, 0.3) is 0 Å². The van der Waals surface area contributed by atoms with Crippen LogP contribution in [-0.2, 0) is 13.1 Å². The van der Waals surface area contributed by atoms with E-state index >= 15 is 0 Å². The van der Waals surface area contributed by atoms with Gasteiger partial charge in [0.05, 0.1) is 17.8 Å². The summed E-state index contributed by atoms with van der Waals surface area (Å²) in [6.07, 6.45) is 1.49. The van der Waals surface area contributed by atoms with Crippen LogP contribution in [0.5, 0.6) is 0 Å². The topological polar surface area (TPSA) is 88.7 Å². The monoisotopic (exact) mass is 318 g/mol. The average Bonchev–Trinajstić information content (AvgIpc) is 3.17. The summed E-state index contributed by atoms with van der Waals surface area (Å²) in [5.41, 5.74) is 8.17. The molecule has 2 aromatic heterocycles. The van der Waals surface area contributed by atoms with E-state index in [1.165, 1.54) is 6.26 Å². The Kier molecular flexibility index (Phi) is 4.49. The Balaban J connectivity index is 1.57. The fraction of sp³-hybridized carbons (Fsp3) is 0.500. The predicted octanol–water partition coefficient (Wildman–Crippen LogP) is 1.30. The summed E-state index contributed by atoms with van der Waals surface area (Å²) in [6.45, 7) is 8.07. The van der Waals surface area contributed by atoms with Crippen molar-refractivity contribution in [1.82, 2.24) is 15.0 Å². The van der Waals surface area contributed by atoms with Gasteiger partial charge < -0.3 is 19.6 Å². The van der Waals surface area contributed by atoms with Crippen molar-refractivity contribution in [2.45, 2.75) is 26.9 Å². The maximum absolute atomic E-state index is 12.4. The molecular formula is C16H22N4O3. The number of furan rings is 1. The van der Waals surface area contributed by atoms with Gasteiger partial charge in [0, 0.05) is 38.3 Å². The highest BCUT2D eigenvalue weighted by Gasteiger charge is 2.24. The summed E-state index contributed by atoms with van der Waals surface area (Å²) >= 11 is 0. The quantitative estimate of drug-likeness (QED) is 0.914. The number of nitrogens with two attached hydrogens (primary N) is 1. The molecular weight excluding hydrogens is 296 g/mol. The van der Waals surface area contributed by atoms with Crippen molar-refractivity contribution in [2.24, 2.45) is 5.73 Å². The van der Waals surface area contributed by atoms with Gasteiger partial charge in [0.1, 0.15) is 17.8 Å². The summed E-state index contributed by atoms with van der Waals surface area (Å²) in [5.74, 6) is 1.50. The first-order valence-electron chi connectivity index (χ1n) is 7.79. The van der Waals surface area contributed by atoms with E-state index in [0.29, 0.717) is 31.0 Å². The summed E-state index contributed by atoms with van der Waals surface area (Å²) in [4.78, 5) is 16.6. The number of rotatable bonds is 4. The second-order valence-electron chi connectivity index (χ2n) is 5.88. The third kappa shape index (κ3) is 3.30. The van der Waals surface area contributed by atoms with Crippen molar-refractivity contribution < 1.29 is 13.7 Å². The number of aromatic nitrogens is 1. The Hall–Kier alpha value is -2.12. The minimum atomic E-state index is 0.00504. The van der Waals surface area contributed by atoms with E-state index in [0.717, 1.165) is 36.7 Å². The molecule has 0 radical (unpaired) electrons. The van der Waals surface area contributed by atoms with Gasteiger partial charge in [0.2, 0.25) is 0 Å². The second kappa shape index (κ2) is 6.55. The Labute approximate surface area is 135 Å². The van der Waals surface area contributed by atoms with Crippen molar-refractivity contribution in [2.75, 3.05) is 26.2 Å². The summed E-state index contributed by atoms with van der Waals surface area (Å²) in [7, 11) is 0. The number of carbonyl (C=O) groups is 1. The molecule has 7 nitrogen and oxygen atoms in total. The van der Waals surface area contributed by atoms with E-state index in [1.807, 2.05) is 18.7 Å². The van der Waals surface area contributed by atoms with Crippen LogP contribution in [-0.4, -0.2) is 47.0 Å². The molecule has 0 spiro atoms. The molecule has 1 amide bonds. The number of nitrogens with zero attached hydrogens (tertiary/aromatic N) is 3.